The van der Waals surface area contributed by atoms with E-state index >= 15 is 0 Å². The predicted molar refractivity (Wildman–Crippen MR) is 108 cm³/mol. The molecule has 142 valence electrons. The highest BCUT2D eigenvalue weighted by Crippen LogP contribution is 2.25. The van der Waals surface area contributed by atoms with E-state index in [0.29, 0.717) is 17.1 Å². The van der Waals surface area contributed by atoms with Crippen LogP contribution in [-0.2, 0) is 9.59 Å². The molecule has 0 bridgehead atoms. The number of hydrogen-bond donors (Lipinski definition) is 1. The molecule has 4 amide bonds. The Morgan fingerprint density at radius 1 is 0.897 bits per heavy atom. The number of carbonyl (C=O) groups excluding carboxylic acids is 3. The van der Waals surface area contributed by atoms with E-state index in [4.69, 9.17) is 0 Å². The molecule has 0 saturated carbocycles. The smallest absolute Gasteiger partial charge is 0.273 e. The normalized spacial score (nSPS) is 15.6. The Bertz CT molecular complexity index is 1140. The second-order valence-electron chi connectivity index (χ2n) is 6.45. The number of anilines is 1. The molecule has 1 aliphatic heterocycles. The number of carbonyl (C=O) groups is 3. The van der Waals surface area contributed by atoms with Crippen molar-refractivity contribution in [3.05, 3.63) is 83.7 Å². The van der Waals surface area contributed by atoms with Crippen molar-refractivity contribution in [2.45, 2.75) is 6.92 Å². The summed E-state index contributed by atoms with van der Waals surface area (Å²) in [4.78, 5) is 47.0. The summed E-state index contributed by atoms with van der Waals surface area (Å²) in [5.41, 5.74) is 2.32. The van der Waals surface area contributed by atoms with E-state index in [9.17, 15) is 14.4 Å². The SMILES string of the molecule is Cc1ccccc1N1C(=O)NC(=O)/C(=C\c2cnc(-c3ccccc3)nc2)C1=O. The van der Waals surface area contributed by atoms with E-state index in [1.165, 1.54) is 18.5 Å². The molecular weight excluding hydrogens is 368 g/mol. The number of para-hydroxylation sites is 1. The Kier molecular flexibility index (Phi) is 4.70. The molecule has 29 heavy (non-hydrogen) atoms. The molecule has 1 aromatic heterocycles. The minimum Gasteiger partial charge on any atom is -0.273 e. The summed E-state index contributed by atoms with van der Waals surface area (Å²) in [6.45, 7) is 1.78. The van der Waals surface area contributed by atoms with Crippen molar-refractivity contribution in [3.8, 4) is 11.4 Å². The topological polar surface area (TPSA) is 92.3 Å². The summed E-state index contributed by atoms with van der Waals surface area (Å²) >= 11 is 0. The number of rotatable bonds is 3. The van der Waals surface area contributed by atoms with Crippen molar-refractivity contribution in [2.24, 2.45) is 0 Å². The number of benzene rings is 2. The van der Waals surface area contributed by atoms with Crippen molar-refractivity contribution in [3.63, 3.8) is 0 Å². The van der Waals surface area contributed by atoms with Crippen LogP contribution in [0.2, 0.25) is 0 Å². The van der Waals surface area contributed by atoms with E-state index in [1.54, 1.807) is 31.2 Å². The molecule has 3 aromatic rings. The van der Waals surface area contributed by atoms with Crippen LogP contribution >= 0.6 is 0 Å². The summed E-state index contributed by atoms with van der Waals surface area (Å²) in [6, 6.07) is 15.6. The van der Waals surface area contributed by atoms with E-state index in [1.807, 2.05) is 30.3 Å². The lowest BCUT2D eigenvalue weighted by molar-refractivity contribution is -0.122. The highest BCUT2D eigenvalue weighted by Gasteiger charge is 2.37. The van der Waals surface area contributed by atoms with Gasteiger partial charge in [-0.05, 0) is 24.6 Å². The van der Waals surface area contributed by atoms with Crippen molar-refractivity contribution in [2.75, 3.05) is 4.90 Å². The Labute approximate surface area is 166 Å². The molecule has 7 nitrogen and oxygen atoms in total. The summed E-state index contributed by atoms with van der Waals surface area (Å²) in [5.74, 6) is -0.916. The van der Waals surface area contributed by atoms with Gasteiger partial charge in [0.05, 0.1) is 5.69 Å². The molecule has 0 aliphatic carbocycles. The maximum atomic E-state index is 12.9. The molecule has 1 saturated heterocycles. The van der Waals surface area contributed by atoms with Gasteiger partial charge in [-0.1, -0.05) is 48.5 Å². The van der Waals surface area contributed by atoms with Crippen molar-refractivity contribution in [1.29, 1.82) is 0 Å². The molecule has 1 N–H and O–H groups in total. The molecule has 1 aliphatic rings. The van der Waals surface area contributed by atoms with Crippen molar-refractivity contribution in [1.82, 2.24) is 15.3 Å². The van der Waals surface area contributed by atoms with Gasteiger partial charge in [0, 0.05) is 23.5 Å². The lowest BCUT2D eigenvalue weighted by Gasteiger charge is -2.27. The van der Waals surface area contributed by atoms with Gasteiger partial charge in [0.15, 0.2) is 5.82 Å². The zero-order valence-electron chi connectivity index (χ0n) is 15.5. The second kappa shape index (κ2) is 7.47. The first-order valence-corrected chi connectivity index (χ1v) is 8.89. The van der Waals surface area contributed by atoms with Crippen LogP contribution in [0.15, 0.2) is 72.6 Å². The number of nitrogens with zero attached hydrogens (tertiary/aromatic N) is 3. The van der Waals surface area contributed by atoms with Crippen LogP contribution in [0.3, 0.4) is 0 Å². The Morgan fingerprint density at radius 2 is 1.55 bits per heavy atom. The van der Waals surface area contributed by atoms with Crippen molar-refractivity contribution < 1.29 is 14.4 Å². The maximum absolute atomic E-state index is 12.9. The lowest BCUT2D eigenvalue weighted by atomic mass is 10.1. The van der Waals surface area contributed by atoms with Gasteiger partial charge >= 0.3 is 6.03 Å². The van der Waals surface area contributed by atoms with Crippen LogP contribution in [0.25, 0.3) is 17.5 Å². The quantitative estimate of drug-likeness (QED) is 0.553. The number of imide groups is 2. The van der Waals surface area contributed by atoms with Gasteiger partial charge < -0.3 is 0 Å². The van der Waals surface area contributed by atoms with Crippen LogP contribution in [-0.4, -0.2) is 27.8 Å². The van der Waals surface area contributed by atoms with Gasteiger partial charge in [-0.15, -0.1) is 0 Å². The number of urea groups is 1. The zero-order valence-corrected chi connectivity index (χ0v) is 15.5. The average Bonchev–Trinajstić information content (AvgIpc) is 2.73. The number of amides is 4. The third-order valence-corrected chi connectivity index (χ3v) is 4.47. The third-order valence-electron chi connectivity index (χ3n) is 4.47. The number of aryl methyl sites for hydroxylation is 1. The second-order valence-corrected chi connectivity index (χ2v) is 6.45. The van der Waals surface area contributed by atoms with Gasteiger partial charge in [0.2, 0.25) is 0 Å². The minimum atomic E-state index is -0.776. The van der Waals surface area contributed by atoms with Crippen molar-refractivity contribution >= 4 is 29.6 Å². The zero-order chi connectivity index (χ0) is 20.4. The van der Waals surface area contributed by atoms with E-state index < -0.39 is 17.8 Å². The Morgan fingerprint density at radius 3 is 2.24 bits per heavy atom. The molecule has 0 spiro atoms. The molecule has 0 unspecified atom stereocenters. The number of nitrogens with one attached hydrogen (secondary N) is 1. The summed E-state index contributed by atoms with van der Waals surface area (Å²) in [7, 11) is 0. The summed E-state index contributed by atoms with van der Waals surface area (Å²) in [5, 5.41) is 2.21. The summed E-state index contributed by atoms with van der Waals surface area (Å²) in [6.07, 6.45) is 4.43. The third kappa shape index (κ3) is 3.53. The molecule has 1 fully saturated rings. The standard InChI is InChI=1S/C22H16N4O3/c1-14-7-5-6-10-18(14)26-21(28)17(20(27)25-22(26)29)11-15-12-23-19(24-13-15)16-8-3-2-4-9-16/h2-13H,1H3,(H,25,27,29)/b17-11+. The van der Waals surface area contributed by atoms with Gasteiger partial charge in [-0.25, -0.2) is 19.7 Å². The average molecular weight is 384 g/mol. The fourth-order valence-corrected chi connectivity index (χ4v) is 3.01. The van der Waals surface area contributed by atoms with Crippen LogP contribution in [0.4, 0.5) is 10.5 Å². The van der Waals surface area contributed by atoms with Crippen LogP contribution in [0.5, 0.6) is 0 Å². The fourth-order valence-electron chi connectivity index (χ4n) is 3.01. The first kappa shape index (κ1) is 18.2. The van der Waals surface area contributed by atoms with Gasteiger partial charge in [0.25, 0.3) is 11.8 Å². The molecular formula is C22H16N4O3. The van der Waals surface area contributed by atoms with Gasteiger partial charge in [-0.3, -0.25) is 14.9 Å². The predicted octanol–water partition coefficient (Wildman–Crippen LogP) is 3.12. The monoisotopic (exact) mass is 384 g/mol. The number of barbiturate groups is 1. The highest BCUT2D eigenvalue weighted by molar-refractivity contribution is 6.39. The largest absolute Gasteiger partial charge is 0.335 e. The van der Waals surface area contributed by atoms with Crippen LogP contribution in [0, 0.1) is 6.92 Å². The lowest BCUT2D eigenvalue weighted by Crippen LogP contribution is -2.54. The molecule has 4 rings (SSSR count). The minimum absolute atomic E-state index is 0.163. The van der Waals surface area contributed by atoms with E-state index in [2.05, 4.69) is 15.3 Å². The highest BCUT2D eigenvalue weighted by atomic mass is 16.2. The van der Waals surface area contributed by atoms with Crippen LogP contribution in [0.1, 0.15) is 11.1 Å². The fraction of sp³-hybridized carbons (Fsp3) is 0.0455. The molecule has 0 atom stereocenters. The molecule has 2 heterocycles. The Hall–Kier alpha value is -4.13. The van der Waals surface area contributed by atoms with E-state index in [0.717, 1.165) is 16.0 Å². The Balaban J connectivity index is 1.67. The van der Waals surface area contributed by atoms with Crippen LogP contribution < -0.4 is 10.2 Å². The first-order chi connectivity index (χ1) is 14.0. The molecule has 2 aromatic carbocycles. The number of aromatic nitrogens is 2. The molecule has 7 heteroatoms. The molecule has 0 radical (unpaired) electrons. The van der Waals surface area contributed by atoms with Gasteiger partial charge in [0.1, 0.15) is 5.57 Å². The first-order valence-electron chi connectivity index (χ1n) is 8.89. The number of hydrogen-bond acceptors (Lipinski definition) is 5. The maximum Gasteiger partial charge on any atom is 0.335 e. The van der Waals surface area contributed by atoms with Gasteiger partial charge in [-0.2, -0.15) is 0 Å². The summed E-state index contributed by atoms with van der Waals surface area (Å²) < 4.78 is 0. The van der Waals surface area contributed by atoms with E-state index in [-0.39, 0.29) is 5.57 Å².